The number of carbonyl (C=O) groups is 1. The van der Waals surface area contributed by atoms with Gasteiger partial charge in [-0.05, 0) is 81.5 Å². The smallest absolute Gasteiger partial charge is 0.354 e. The predicted octanol–water partition coefficient (Wildman–Crippen LogP) is 3.73. The van der Waals surface area contributed by atoms with Crippen LogP contribution in [0.2, 0.25) is 0 Å². The first-order valence-corrected chi connectivity index (χ1v) is 12.3. The molecule has 162 valence electrons. The largest absolute Gasteiger partial charge is 0.383 e. The third kappa shape index (κ3) is 3.66. The fraction of sp³-hybridized carbons (Fsp3) is 0.500. The Labute approximate surface area is 179 Å². The summed E-state index contributed by atoms with van der Waals surface area (Å²) >= 11 is 0.979. The molecule has 0 aliphatic heterocycles. The average molecular weight is 453 g/mol. The quantitative estimate of drug-likeness (QED) is 0.658. The van der Waals surface area contributed by atoms with E-state index in [1.165, 1.54) is 0 Å². The summed E-state index contributed by atoms with van der Waals surface area (Å²) in [6.07, 6.45) is 4.36. The van der Waals surface area contributed by atoms with Crippen molar-refractivity contribution in [3.8, 4) is 0 Å². The summed E-state index contributed by atoms with van der Waals surface area (Å²) in [4.78, 5) is 16.9. The van der Waals surface area contributed by atoms with Crippen LogP contribution in [0.1, 0.15) is 59.6 Å². The lowest BCUT2D eigenvalue weighted by atomic mass is 9.98. The Balaban J connectivity index is 1.70. The minimum absolute atomic E-state index is 0.132. The maximum absolute atomic E-state index is 14.8. The second-order valence-corrected chi connectivity index (χ2v) is 11.3. The molecule has 2 aromatic rings. The van der Waals surface area contributed by atoms with Gasteiger partial charge in [0, 0.05) is 5.69 Å². The lowest BCUT2D eigenvalue weighted by molar-refractivity contribution is 0.0781. The molecule has 1 atom stereocenters. The number of halogens is 1. The molecule has 0 spiro atoms. The second-order valence-electron chi connectivity index (χ2n) is 8.35. The number of nitrogens with zero attached hydrogens (tertiary/aromatic N) is 2. The first-order chi connectivity index (χ1) is 14.0. The summed E-state index contributed by atoms with van der Waals surface area (Å²) in [5, 5.41) is 19.2. The molecular formula is C20H25FN4O3S2. The van der Waals surface area contributed by atoms with E-state index in [9.17, 15) is 18.5 Å². The van der Waals surface area contributed by atoms with Crippen molar-refractivity contribution in [3.05, 3.63) is 38.8 Å². The van der Waals surface area contributed by atoms with Gasteiger partial charge < -0.3 is 10.4 Å². The number of rotatable bonds is 3. The normalized spacial score (nSPS) is 17.4. The fourth-order valence-corrected chi connectivity index (χ4v) is 6.72. The predicted molar refractivity (Wildman–Crippen MR) is 115 cm³/mol. The number of nitrogens with two attached hydrogens (primary N) is 1. The van der Waals surface area contributed by atoms with Crippen molar-refractivity contribution in [2.45, 2.75) is 69.1 Å². The molecule has 1 heterocycles. The van der Waals surface area contributed by atoms with E-state index in [4.69, 9.17) is 5.14 Å². The highest BCUT2D eigenvalue weighted by atomic mass is 32.2. The van der Waals surface area contributed by atoms with E-state index in [0.29, 0.717) is 53.2 Å². The number of hydrogen-bond acceptors (Lipinski definition) is 5. The van der Waals surface area contributed by atoms with Crippen LogP contribution in [0.4, 0.5) is 14.9 Å². The number of aliphatic hydroxyl groups is 1. The van der Waals surface area contributed by atoms with Gasteiger partial charge in [0.05, 0.1) is 5.69 Å². The van der Waals surface area contributed by atoms with E-state index in [1.54, 1.807) is 20.8 Å². The van der Waals surface area contributed by atoms with Crippen LogP contribution < -0.4 is 10.5 Å². The Bertz CT molecular complexity index is 1140. The van der Waals surface area contributed by atoms with E-state index in [-0.39, 0.29) is 10.0 Å². The zero-order valence-corrected chi connectivity index (χ0v) is 18.8. The lowest BCUT2D eigenvalue weighted by Crippen LogP contribution is -2.19. The second kappa shape index (κ2) is 7.37. The third-order valence-corrected chi connectivity index (χ3v) is 9.06. The number of fused-ring (bicyclic) bond motifs is 2. The Morgan fingerprint density at radius 3 is 2.23 bits per heavy atom. The first-order valence-electron chi connectivity index (χ1n) is 9.90. The van der Waals surface area contributed by atoms with Gasteiger partial charge in [0.25, 0.3) is 0 Å². The van der Waals surface area contributed by atoms with Gasteiger partial charge in [-0.2, -0.15) is 0 Å². The summed E-state index contributed by atoms with van der Waals surface area (Å²) in [6, 6.07) is -0.824. The molecule has 2 aliphatic rings. The van der Waals surface area contributed by atoms with Crippen molar-refractivity contribution in [3.63, 3.8) is 0 Å². The standard InChI is InChI=1S/C20H25FN4O3S2/c1-10-17(29-18(23-10)20(2,3)27)30(22,28)25-19(26)24-16-13-8-4-6-11(13)15(21)12-7-5-9-14(12)16/h27H,4-9H2,1-3H3,(H3,22,24,25,26,28)/t30-/m0/s1. The molecule has 1 aromatic heterocycles. The minimum atomic E-state index is -3.55. The van der Waals surface area contributed by atoms with Crippen LogP contribution in [0.5, 0.6) is 0 Å². The number of thiazole rings is 1. The van der Waals surface area contributed by atoms with Crippen molar-refractivity contribution >= 4 is 33.0 Å². The number of carbonyl (C=O) groups excluding carboxylic acids is 1. The van der Waals surface area contributed by atoms with Gasteiger partial charge >= 0.3 is 6.03 Å². The number of aryl methyl sites for hydroxylation is 1. The number of benzene rings is 1. The summed E-state index contributed by atoms with van der Waals surface area (Å²) in [7, 11) is -3.55. The topological polar surface area (TPSA) is 118 Å². The van der Waals surface area contributed by atoms with Gasteiger partial charge in [-0.25, -0.2) is 23.5 Å². The SMILES string of the molecule is Cc1nc(C(C)(C)O)sc1[S@@](N)(=O)=NC(=O)Nc1c2c(c(F)c3c1CCC3)CCC2. The van der Waals surface area contributed by atoms with E-state index in [2.05, 4.69) is 14.7 Å². The highest BCUT2D eigenvalue weighted by molar-refractivity contribution is 7.93. The van der Waals surface area contributed by atoms with Crippen LogP contribution in [-0.4, -0.2) is 20.3 Å². The van der Waals surface area contributed by atoms with Gasteiger partial charge in [-0.15, -0.1) is 15.7 Å². The summed E-state index contributed by atoms with van der Waals surface area (Å²) < 4.78 is 31.8. The number of anilines is 1. The molecule has 10 heteroatoms. The van der Waals surface area contributed by atoms with Crippen molar-refractivity contribution in [1.82, 2.24) is 4.98 Å². The molecule has 1 aromatic carbocycles. The van der Waals surface area contributed by atoms with E-state index in [0.717, 1.165) is 35.3 Å². The monoisotopic (exact) mass is 452 g/mol. The number of aromatic nitrogens is 1. The van der Waals surface area contributed by atoms with Crippen LogP contribution in [0.3, 0.4) is 0 Å². The molecular weight excluding hydrogens is 427 g/mol. The van der Waals surface area contributed by atoms with E-state index in [1.807, 2.05) is 0 Å². The van der Waals surface area contributed by atoms with Crippen molar-refractivity contribution in [2.75, 3.05) is 5.32 Å². The van der Waals surface area contributed by atoms with Gasteiger partial charge in [0.1, 0.15) is 20.6 Å². The molecule has 0 radical (unpaired) electrons. The number of amides is 2. The number of nitrogens with one attached hydrogen (secondary N) is 1. The van der Waals surface area contributed by atoms with Crippen molar-refractivity contribution in [2.24, 2.45) is 9.50 Å². The molecule has 7 nitrogen and oxygen atoms in total. The lowest BCUT2D eigenvalue weighted by Gasteiger charge is -2.16. The Morgan fingerprint density at radius 1 is 1.20 bits per heavy atom. The summed E-state index contributed by atoms with van der Waals surface area (Å²) in [6.45, 7) is 4.74. The zero-order chi connectivity index (χ0) is 21.8. The minimum Gasteiger partial charge on any atom is -0.383 e. The molecule has 0 fully saturated rings. The average Bonchev–Trinajstić information content (AvgIpc) is 3.36. The van der Waals surface area contributed by atoms with Crippen LogP contribution in [0.15, 0.2) is 8.57 Å². The van der Waals surface area contributed by atoms with Gasteiger partial charge in [0.15, 0.2) is 9.92 Å². The molecule has 0 saturated carbocycles. The van der Waals surface area contributed by atoms with Crippen LogP contribution in [0.25, 0.3) is 0 Å². The van der Waals surface area contributed by atoms with Crippen molar-refractivity contribution in [1.29, 1.82) is 0 Å². The number of hydrogen-bond donors (Lipinski definition) is 3. The number of urea groups is 1. The van der Waals surface area contributed by atoms with Gasteiger partial charge in [-0.3, -0.25) is 0 Å². The molecule has 0 saturated heterocycles. The first kappa shape index (κ1) is 21.4. The Hall–Kier alpha value is -1.88. The Kier molecular flexibility index (Phi) is 5.24. The molecule has 30 heavy (non-hydrogen) atoms. The molecule has 0 bridgehead atoms. The molecule has 0 unspecified atom stereocenters. The highest BCUT2D eigenvalue weighted by Crippen LogP contribution is 2.41. The molecule has 4 rings (SSSR count). The van der Waals surface area contributed by atoms with E-state index >= 15 is 0 Å². The molecule has 4 N–H and O–H groups in total. The third-order valence-electron chi connectivity index (χ3n) is 5.56. The van der Waals surface area contributed by atoms with Gasteiger partial charge in [0.2, 0.25) is 0 Å². The van der Waals surface area contributed by atoms with E-state index < -0.39 is 21.5 Å². The zero-order valence-electron chi connectivity index (χ0n) is 17.2. The van der Waals surface area contributed by atoms with Gasteiger partial charge in [-0.1, -0.05) is 0 Å². The highest BCUT2D eigenvalue weighted by Gasteiger charge is 2.30. The summed E-state index contributed by atoms with van der Waals surface area (Å²) in [5.41, 5.74) is 2.74. The molecule has 2 aliphatic carbocycles. The maximum Gasteiger partial charge on any atom is 0.354 e. The van der Waals surface area contributed by atoms with Crippen LogP contribution >= 0.6 is 11.3 Å². The molecule has 2 amide bonds. The maximum atomic E-state index is 14.8. The van der Waals surface area contributed by atoms with Crippen LogP contribution in [0, 0.1) is 12.7 Å². The van der Waals surface area contributed by atoms with Crippen molar-refractivity contribution < 1.29 is 18.5 Å². The fourth-order valence-electron chi connectivity index (χ4n) is 4.25. The van der Waals surface area contributed by atoms with Crippen LogP contribution in [-0.2, 0) is 41.2 Å². The Morgan fingerprint density at radius 2 is 1.73 bits per heavy atom. The summed E-state index contributed by atoms with van der Waals surface area (Å²) in [5.74, 6) is -0.132.